The van der Waals surface area contributed by atoms with E-state index in [0.717, 1.165) is 12.8 Å². The summed E-state index contributed by atoms with van der Waals surface area (Å²) in [5.41, 5.74) is 14.1. The van der Waals surface area contributed by atoms with Gasteiger partial charge in [0.25, 0.3) is 0 Å². The molecule has 0 radical (unpaired) electrons. The summed E-state index contributed by atoms with van der Waals surface area (Å²) in [5, 5.41) is 0. The first-order valence-electron chi connectivity index (χ1n) is 15.3. The van der Waals surface area contributed by atoms with Gasteiger partial charge in [-0.2, -0.15) is 41.5 Å². The van der Waals surface area contributed by atoms with Crippen LogP contribution in [-0.2, 0) is 30.7 Å². The molecule has 0 nitrogen and oxygen atoms in total. The zero-order chi connectivity index (χ0) is 30.3. The molecule has 0 amide bonds. The molecule has 0 saturated carbocycles. The number of aryl methyl sites for hydroxylation is 2. The van der Waals surface area contributed by atoms with Gasteiger partial charge in [0, 0.05) is 0 Å². The molecule has 44 heavy (non-hydrogen) atoms. The van der Waals surface area contributed by atoms with E-state index in [9.17, 15) is 0 Å². The summed E-state index contributed by atoms with van der Waals surface area (Å²) in [6.45, 7) is 15.6. The van der Waals surface area contributed by atoms with Crippen molar-refractivity contribution in [2.24, 2.45) is 11.3 Å². The number of allylic oxidation sites excluding steroid dienone is 4. The summed E-state index contributed by atoms with van der Waals surface area (Å²) in [6.07, 6.45) is 9.33. The van der Waals surface area contributed by atoms with Gasteiger partial charge in [0.1, 0.15) is 0 Å². The fraction of sp³-hybridized carbons (Fsp3) is 0.293. The molecule has 0 saturated heterocycles. The summed E-state index contributed by atoms with van der Waals surface area (Å²) in [5.74, 6) is 0.573. The van der Waals surface area contributed by atoms with Crippen molar-refractivity contribution in [1.82, 2.24) is 0 Å². The van der Waals surface area contributed by atoms with E-state index in [1.807, 2.05) is 6.07 Å². The van der Waals surface area contributed by atoms with Crippen molar-refractivity contribution in [3.8, 4) is 11.1 Å². The minimum Gasteiger partial charge on any atom is -1.00 e. The van der Waals surface area contributed by atoms with Crippen LogP contribution in [0.25, 0.3) is 11.1 Å². The average molecular weight is 699 g/mol. The molecule has 2 aliphatic rings. The molecule has 3 heteroatoms. The van der Waals surface area contributed by atoms with Gasteiger partial charge in [0.05, 0.1) is 0 Å². The summed E-state index contributed by atoms with van der Waals surface area (Å²) >= 11 is 1.46. The first-order valence-corrected chi connectivity index (χ1v) is 16.5. The molecule has 0 heterocycles. The van der Waals surface area contributed by atoms with Crippen LogP contribution in [0.3, 0.4) is 0 Å². The number of fused-ring (bicyclic) bond motifs is 3. The van der Waals surface area contributed by atoms with Crippen molar-refractivity contribution in [1.29, 1.82) is 0 Å². The Labute approximate surface area is 294 Å². The Morgan fingerprint density at radius 2 is 1.32 bits per heavy atom. The van der Waals surface area contributed by atoms with Gasteiger partial charge in [-0.1, -0.05) is 94.2 Å². The van der Waals surface area contributed by atoms with Crippen LogP contribution in [-0.4, -0.2) is 3.21 Å². The van der Waals surface area contributed by atoms with Crippen molar-refractivity contribution in [3.05, 3.63) is 154 Å². The minimum atomic E-state index is 0. The zero-order valence-electron chi connectivity index (χ0n) is 27.2. The van der Waals surface area contributed by atoms with Gasteiger partial charge in [-0.3, -0.25) is 6.08 Å². The SMILES string of the molecule is CCC1=[C-]C(CC)C=C1C(C)(C)C.Cc1ccc([C](=[Zr+2])c2ccc(C)cc2)cc1.[Cl-].[Cl-].[c-]1cccc2c1Cc1ccccc1-2. The maximum absolute atomic E-state index is 3.57. The summed E-state index contributed by atoms with van der Waals surface area (Å²) in [6, 6.07) is 35.6. The second-order valence-electron chi connectivity index (χ2n) is 12.3. The number of halogens is 2. The molecule has 228 valence electrons. The number of benzene rings is 4. The third kappa shape index (κ3) is 9.85. The zero-order valence-corrected chi connectivity index (χ0v) is 31.2. The molecule has 4 aromatic rings. The third-order valence-electron chi connectivity index (χ3n) is 7.95. The van der Waals surface area contributed by atoms with Crippen LogP contribution < -0.4 is 24.8 Å². The molecular weight excluding hydrogens is 655 g/mol. The van der Waals surface area contributed by atoms with E-state index >= 15 is 0 Å². The van der Waals surface area contributed by atoms with Crippen LogP contribution in [0.2, 0.25) is 0 Å². The predicted octanol–water partition coefficient (Wildman–Crippen LogP) is 4.62. The standard InChI is InChI=1S/C15H14.C13H9.C13H21.2ClH.Zr/c1-12-3-7-14(8-4-12)11-15-9-5-13(2)6-10-15;1-3-7-12-10(5-1)9-11-6-2-4-8-13(11)12;1-6-10-8-11(7-2)12(9-10)13(3,4)5;;;/h3-10H,1-2H3;1-5,7-8H,9H2;9-10H,6-7H2,1-5H3;2*1H;/q;2*-1;;;+2/p-2. The van der Waals surface area contributed by atoms with Crippen molar-refractivity contribution >= 4 is 3.21 Å². The molecule has 2 aliphatic carbocycles. The van der Waals surface area contributed by atoms with Gasteiger partial charge in [-0.05, 0) is 6.42 Å². The van der Waals surface area contributed by atoms with Crippen molar-refractivity contribution in [2.45, 2.75) is 67.7 Å². The minimum absolute atomic E-state index is 0. The second kappa shape index (κ2) is 17.4. The van der Waals surface area contributed by atoms with Crippen molar-refractivity contribution < 1.29 is 49.0 Å². The Hall–Kier alpha value is -2.31. The maximum atomic E-state index is 3.57. The smallest absolute Gasteiger partial charge is 0.0253 e. The van der Waals surface area contributed by atoms with Crippen LogP contribution in [0.5, 0.6) is 0 Å². The predicted molar refractivity (Wildman–Crippen MR) is 177 cm³/mol. The summed E-state index contributed by atoms with van der Waals surface area (Å²) < 4.78 is 1.42. The normalized spacial score (nSPS) is 14.2. The second-order valence-corrected chi connectivity index (χ2v) is 13.6. The van der Waals surface area contributed by atoms with Gasteiger partial charge < -0.3 is 24.8 Å². The van der Waals surface area contributed by atoms with Gasteiger partial charge in [0.2, 0.25) is 0 Å². The molecule has 0 aliphatic heterocycles. The van der Waals surface area contributed by atoms with Crippen LogP contribution in [0.15, 0.2) is 108 Å². The van der Waals surface area contributed by atoms with Crippen LogP contribution in [0.1, 0.15) is 80.8 Å². The average Bonchev–Trinajstić information content (AvgIpc) is 3.60. The van der Waals surface area contributed by atoms with Gasteiger partial charge >= 0.3 is 112 Å². The first kappa shape index (κ1) is 37.9. The summed E-state index contributed by atoms with van der Waals surface area (Å²) in [4.78, 5) is 0. The Morgan fingerprint density at radius 3 is 1.82 bits per heavy atom. The number of rotatable bonds is 4. The molecule has 0 aromatic heterocycles. The van der Waals surface area contributed by atoms with E-state index in [1.54, 1.807) is 0 Å². The van der Waals surface area contributed by atoms with Crippen LogP contribution >= 0.6 is 0 Å². The largest absolute Gasteiger partial charge is 1.00 e. The van der Waals surface area contributed by atoms with Gasteiger partial charge in [-0.25, -0.2) is 5.57 Å². The van der Waals surface area contributed by atoms with E-state index in [4.69, 9.17) is 0 Å². The molecule has 4 aromatic carbocycles. The fourth-order valence-electron chi connectivity index (χ4n) is 5.46. The molecule has 1 atom stereocenters. The fourth-order valence-corrected chi connectivity index (χ4v) is 6.28. The Balaban J connectivity index is 0.000000227. The molecule has 0 fully saturated rings. The Kier molecular flexibility index (Phi) is 15.0. The maximum Gasteiger partial charge on any atom is -0.0253 e. The number of hydrogen-bond donors (Lipinski definition) is 0. The quantitative estimate of drug-likeness (QED) is 0.241. The molecular formula is C41H44Cl2Zr-2. The van der Waals surface area contributed by atoms with E-state index in [0.29, 0.717) is 11.3 Å². The van der Waals surface area contributed by atoms with E-state index < -0.39 is 0 Å². The Bertz CT molecular complexity index is 1480. The van der Waals surface area contributed by atoms with Crippen molar-refractivity contribution in [3.63, 3.8) is 0 Å². The van der Waals surface area contributed by atoms with E-state index in [-0.39, 0.29) is 24.8 Å². The van der Waals surface area contributed by atoms with Crippen molar-refractivity contribution in [2.75, 3.05) is 0 Å². The molecule has 0 bridgehead atoms. The first-order chi connectivity index (χ1) is 20.1. The van der Waals surface area contributed by atoms with Crippen LogP contribution in [0, 0.1) is 37.3 Å². The van der Waals surface area contributed by atoms with Crippen LogP contribution in [0.4, 0.5) is 0 Å². The molecule has 0 N–H and O–H groups in total. The topological polar surface area (TPSA) is 0 Å². The van der Waals surface area contributed by atoms with E-state index in [2.05, 4.69) is 152 Å². The Morgan fingerprint density at radius 1 is 0.773 bits per heavy atom. The van der Waals surface area contributed by atoms with Gasteiger partial charge in [-0.15, -0.1) is 5.56 Å². The number of hydrogen-bond acceptors (Lipinski definition) is 0. The van der Waals surface area contributed by atoms with E-state index in [1.165, 1.54) is 89.5 Å². The molecule has 1 unspecified atom stereocenters. The molecule has 0 spiro atoms. The third-order valence-corrected chi connectivity index (χ3v) is 9.37. The molecule has 6 rings (SSSR count). The van der Waals surface area contributed by atoms with Gasteiger partial charge in [0.15, 0.2) is 0 Å². The summed E-state index contributed by atoms with van der Waals surface area (Å²) in [7, 11) is 0. The monoisotopic (exact) mass is 696 g/mol.